The van der Waals surface area contributed by atoms with Gasteiger partial charge in [0.2, 0.25) is 0 Å². The number of benzene rings is 1. The van der Waals surface area contributed by atoms with Gasteiger partial charge in [-0.3, -0.25) is 9.89 Å². The molecule has 2 aromatic heterocycles. The van der Waals surface area contributed by atoms with Crippen molar-refractivity contribution in [3.8, 4) is 17.0 Å². The van der Waals surface area contributed by atoms with Gasteiger partial charge in [0.15, 0.2) is 11.3 Å². The van der Waals surface area contributed by atoms with Gasteiger partial charge >= 0.3 is 5.97 Å². The normalized spacial score (nSPS) is 10.7. The maximum absolute atomic E-state index is 11.9. The molecular weight excluding hydrogens is 274 g/mol. The summed E-state index contributed by atoms with van der Waals surface area (Å²) in [6, 6.07) is 9.85. The first-order chi connectivity index (χ1) is 10.1. The second-order valence-electron chi connectivity index (χ2n) is 4.38. The molecule has 0 atom stereocenters. The summed E-state index contributed by atoms with van der Waals surface area (Å²) in [4.78, 5) is 26.7. The lowest BCUT2D eigenvalue weighted by Crippen LogP contribution is -2.17. The molecule has 0 aliphatic heterocycles. The quantitative estimate of drug-likeness (QED) is 0.758. The molecule has 1 aromatic carbocycles. The zero-order valence-corrected chi connectivity index (χ0v) is 11.0. The van der Waals surface area contributed by atoms with Gasteiger partial charge < -0.3 is 9.84 Å². The molecule has 7 heteroatoms. The zero-order valence-electron chi connectivity index (χ0n) is 11.0. The van der Waals surface area contributed by atoms with Crippen LogP contribution in [0.3, 0.4) is 0 Å². The van der Waals surface area contributed by atoms with Crippen LogP contribution in [0.5, 0.6) is 5.75 Å². The van der Waals surface area contributed by atoms with Gasteiger partial charge in [0.1, 0.15) is 5.75 Å². The lowest BCUT2D eigenvalue weighted by atomic mass is 10.1. The Morgan fingerprint density at radius 1 is 1.33 bits per heavy atom. The highest BCUT2D eigenvalue weighted by Crippen LogP contribution is 2.22. The van der Waals surface area contributed by atoms with Gasteiger partial charge in [-0.2, -0.15) is 0 Å². The highest BCUT2D eigenvalue weighted by Gasteiger charge is 2.11. The molecule has 0 aliphatic carbocycles. The molecular formula is C14H11N3O4. The number of aromatic amines is 1. The van der Waals surface area contributed by atoms with Crippen LogP contribution in [0.1, 0.15) is 10.5 Å². The number of aromatic carboxylic acids is 1. The van der Waals surface area contributed by atoms with Crippen LogP contribution in [-0.2, 0) is 0 Å². The number of nitrogens with one attached hydrogen (secondary N) is 1. The predicted octanol–water partition coefficient (Wildman–Crippen LogP) is 1.40. The fraction of sp³-hybridized carbons (Fsp3) is 0.0714. The average molecular weight is 285 g/mol. The van der Waals surface area contributed by atoms with Crippen molar-refractivity contribution in [2.24, 2.45) is 0 Å². The minimum absolute atomic E-state index is 0.248. The van der Waals surface area contributed by atoms with Crippen LogP contribution in [0.4, 0.5) is 0 Å². The van der Waals surface area contributed by atoms with Crippen molar-refractivity contribution in [2.45, 2.75) is 0 Å². The highest BCUT2D eigenvalue weighted by atomic mass is 16.5. The maximum Gasteiger partial charge on any atom is 0.354 e. The Morgan fingerprint density at radius 3 is 2.86 bits per heavy atom. The molecule has 21 heavy (non-hydrogen) atoms. The number of aromatic nitrogens is 3. The molecule has 0 saturated carbocycles. The molecule has 106 valence electrons. The van der Waals surface area contributed by atoms with E-state index in [4.69, 9.17) is 9.84 Å². The van der Waals surface area contributed by atoms with E-state index in [0.29, 0.717) is 11.4 Å². The minimum atomic E-state index is -1.24. The molecule has 3 rings (SSSR count). The van der Waals surface area contributed by atoms with E-state index in [0.717, 1.165) is 11.6 Å². The third kappa shape index (κ3) is 2.25. The van der Waals surface area contributed by atoms with E-state index in [1.165, 1.54) is 4.52 Å². The Morgan fingerprint density at radius 2 is 2.14 bits per heavy atom. The summed E-state index contributed by atoms with van der Waals surface area (Å²) >= 11 is 0. The standard InChI is InChI=1S/C14H11N3O4/c1-21-9-4-2-3-8(5-9)10-6-12-15-11(14(19)20)7-13(18)17(12)16-10/h2-7,16H,1H3,(H,19,20). The summed E-state index contributed by atoms with van der Waals surface area (Å²) < 4.78 is 6.34. The second-order valence-corrected chi connectivity index (χ2v) is 4.38. The number of methoxy groups -OCH3 is 1. The first-order valence-corrected chi connectivity index (χ1v) is 6.09. The Labute approximate surface area is 118 Å². The van der Waals surface area contributed by atoms with Crippen LogP contribution < -0.4 is 10.3 Å². The van der Waals surface area contributed by atoms with E-state index in [2.05, 4.69) is 10.1 Å². The number of nitrogens with zero attached hydrogens (tertiary/aromatic N) is 2. The first kappa shape index (κ1) is 12.9. The van der Waals surface area contributed by atoms with Crippen molar-refractivity contribution in [2.75, 3.05) is 7.11 Å². The number of carboxylic acid groups (broad SMARTS) is 1. The third-order valence-electron chi connectivity index (χ3n) is 3.05. The number of fused-ring (bicyclic) bond motifs is 1. The molecule has 0 aliphatic rings. The molecule has 3 aromatic rings. The van der Waals surface area contributed by atoms with Crippen molar-refractivity contribution in [3.05, 3.63) is 52.4 Å². The number of H-pyrrole nitrogens is 1. The molecule has 2 N–H and O–H groups in total. The van der Waals surface area contributed by atoms with E-state index in [-0.39, 0.29) is 11.3 Å². The summed E-state index contributed by atoms with van der Waals surface area (Å²) in [5.41, 5.74) is 0.928. The van der Waals surface area contributed by atoms with Crippen molar-refractivity contribution >= 4 is 11.6 Å². The van der Waals surface area contributed by atoms with Gasteiger partial charge in [-0.05, 0) is 12.1 Å². The molecule has 0 amide bonds. The smallest absolute Gasteiger partial charge is 0.354 e. The predicted molar refractivity (Wildman–Crippen MR) is 74.8 cm³/mol. The minimum Gasteiger partial charge on any atom is -0.497 e. The molecule has 0 saturated heterocycles. The topological polar surface area (TPSA) is 96.7 Å². The number of hydrogen-bond acceptors (Lipinski definition) is 4. The number of ether oxygens (including phenoxy) is 1. The van der Waals surface area contributed by atoms with E-state index in [1.807, 2.05) is 12.1 Å². The lowest BCUT2D eigenvalue weighted by molar-refractivity contribution is 0.0690. The number of carboxylic acids is 1. The third-order valence-corrected chi connectivity index (χ3v) is 3.05. The average Bonchev–Trinajstić information content (AvgIpc) is 2.92. The SMILES string of the molecule is COc1cccc(-c2cc3nc(C(=O)O)cc(=O)n3[nH]2)c1. The molecule has 0 fully saturated rings. The largest absolute Gasteiger partial charge is 0.497 e. The fourth-order valence-corrected chi connectivity index (χ4v) is 2.04. The van der Waals surface area contributed by atoms with Crippen LogP contribution >= 0.6 is 0 Å². The molecule has 0 spiro atoms. The van der Waals surface area contributed by atoms with Gasteiger partial charge in [0, 0.05) is 17.7 Å². The molecule has 0 unspecified atom stereocenters. The van der Waals surface area contributed by atoms with Gasteiger partial charge in [0.25, 0.3) is 5.56 Å². The summed E-state index contributed by atoms with van der Waals surface area (Å²) in [6.07, 6.45) is 0. The van der Waals surface area contributed by atoms with Gasteiger partial charge in [-0.1, -0.05) is 12.1 Å². The van der Waals surface area contributed by atoms with Crippen molar-refractivity contribution in [1.29, 1.82) is 0 Å². The van der Waals surface area contributed by atoms with E-state index < -0.39 is 11.5 Å². The van der Waals surface area contributed by atoms with E-state index in [1.54, 1.807) is 25.3 Å². The molecule has 0 radical (unpaired) electrons. The summed E-state index contributed by atoms with van der Waals surface area (Å²) in [5.74, 6) is -0.559. The summed E-state index contributed by atoms with van der Waals surface area (Å²) in [6.45, 7) is 0. The fourth-order valence-electron chi connectivity index (χ4n) is 2.04. The Hall–Kier alpha value is -3.09. The maximum atomic E-state index is 11.9. The van der Waals surface area contributed by atoms with E-state index in [9.17, 15) is 9.59 Å². The van der Waals surface area contributed by atoms with Crippen molar-refractivity contribution in [3.63, 3.8) is 0 Å². The van der Waals surface area contributed by atoms with E-state index >= 15 is 0 Å². The van der Waals surface area contributed by atoms with Crippen LogP contribution in [0, 0.1) is 0 Å². The van der Waals surface area contributed by atoms with Crippen LogP contribution in [0.2, 0.25) is 0 Å². The van der Waals surface area contributed by atoms with Crippen molar-refractivity contribution in [1.82, 2.24) is 14.6 Å². The highest BCUT2D eigenvalue weighted by molar-refractivity contribution is 5.85. The van der Waals surface area contributed by atoms with Gasteiger partial charge in [-0.25, -0.2) is 14.3 Å². The van der Waals surface area contributed by atoms with Crippen molar-refractivity contribution < 1.29 is 14.6 Å². The molecule has 0 bridgehead atoms. The molecule has 2 heterocycles. The van der Waals surface area contributed by atoms with Crippen LogP contribution in [0.25, 0.3) is 16.9 Å². The second kappa shape index (κ2) is 4.78. The van der Waals surface area contributed by atoms with Crippen LogP contribution in [-0.4, -0.2) is 32.8 Å². The Balaban J connectivity index is 2.19. The monoisotopic (exact) mass is 285 g/mol. The zero-order chi connectivity index (χ0) is 15.0. The Kier molecular flexibility index (Phi) is 2.94. The number of carbonyl (C=O) groups is 1. The number of hydrogen-bond donors (Lipinski definition) is 2. The van der Waals surface area contributed by atoms with Crippen LogP contribution in [0.15, 0.2) is 41.2 Å². The summed E-state index contributed by atoms with van der Waals surface area (Å²) in [5, 5.41) is 11.8. The Bertz CT molecular complexity index is 895. The van der Waals surface area contributed by atoms with Gasteiger partial charge in [0.05, 0.1) is 12.8 Å². The number of rotatable bonds is 3. The van der Waals surface area contributed by atoms with Gasteiger partial charge in [-0.15, -0.1) is 0 Å². The summed E-state index contributed by atoms with van der Waals surface area (Å²) in [7, 11) is 1.56. The lowest BCUT2D eigenvalue weighted by Gasteiger charge is -2.01. The molecule has 7 nitrogen and oxygen atoms in total. The first-order valence-electron chi connectivity index (χ1n) is 6.09.